The molecule has 0 atom stereocenters. The Bertz CT molecular complexity index is 844. The maximum atomic E-state index is 6.06. The number of aryl methyl sites for hydroxylation is 3. The third kappa shape index (κ3) is 4.38. The number of anilines is 1. The van der Waals surface area contributed by atoms with Gasteiger partial charge in [0.2, 0.25) is 0 Å². The minimum absolute atomic E-state index is 0.508. The molecule has 6 heteroatoms. The van der Waals surface area contributed by atoms with E-state index < -0.39 is 0 Å². The van der Waals surface area contributed by atoms with Crippen molar-refractivity contribution in [1.82, 2.24) is 19.5 Å². The van der Waals surface area contributed by atoms with Crippen LogP contribution in [0.15, 0.2) is 30.6 Å². The van der Waals surface area contributed by atoms with E-state index in [1.165, 1.54) is 5.56 Å². The number of hydrogen-bond donors (Lipinski definition) is 1. The first-order valence-corrected chi connectivity index (χ1v) is 9.28. The number of nitrogens with zero attached hydrogens (tertiary/aromatic N) is 4. The Morgan fingerprint density at radius 1 is 1.19 bits per heavy atom. The lowest BCUT2D eigenvalue weighted by Gasteiger charge is -2.10. The lowest BCUT2D eigenvalue weighted by Crippen LogP contribution is -2.10. The van der Waals surface area contributed by atoms with Gasteiger partial charge in [-0.15, -0.1) is 0 Å². The molecule has 0 aromatic carbocycles. The van der Waals surface area contributed by atoms with Gasteiger partial charge in [-0.2, -0.15) is 0 Å². The average molecular weight is 353 g/mol. The molecule has 0 unspecified atom stereocenters. The minimum atomic E-state index is 0.508. The molecule has 2 N–H and O–H groups in total. The van der Waals surface area contributed by atoms with Gasteiger partial charge in [0.15, 0.2) is 5.82 Å². The van der Waals surface area contributed by atoms with E-state index in [1.54, 1.807) is 6.20 Å². The van der Waals surface area contributed by atoms with E-state index in [9.17, 15) is 0 Å². The summed E-state index contributed by atoms with van der Waals surface area (Å²) in [5, 5.41) is 0. The highest BCUT2D eigenvalue weighted by Gasteiger charge is 2.13. The van der Waals surface area contributed by atoms with Gasteiger partial charge in [0.05, 0.1) is 12.1 Å². The summed E-state index contributed by atoms with van der Waals surface area (Å²) < 4.78 is 8.08. The lowest BCUT2D eigenvalue weighted by molar-refractivity contribution is 0.124. The second-order valence-electron chi connectivity index (χ2n) is 6.52. The van der Waals surface area contributed by atoms with E-state index in [0.717, 1.165) is 61.4 Å². The molecule has 6 nitrogen and oxygen atoms in total. The smallest absolute Gasteiger partial charge is 0.151 e. The van der Waals surface area contributed by atoms with E-state index in [0.29, 0.717) is 12.4 Å². The lowest BCUT2D eigenvalue weighted by atomic mass is 10.2. The molecule has 3 heterocycles. The van der Waals surface area contributed by atoms with E-state index in [2.05, 4.69) is 33.6 Å². The van der Waals surface area contributed by atoms with Gasteiger partial charge in [0, 0.05) is 37.7 Å². The highest BCUT2D eigenvalue weighted by Crippen LogP contribution is 2.22. The van der Waals surface area contributed by atoms with Gasteiger partial charge in [-0.1, -0.05) is 13.0 Å². The van der Waals surface area contributed by atoms with Crippen LogP contribution in [0, 0.1) is 6.92 Å². The number of nitrogens with two attached hydrogens (primary N) is 1. The predicted molar refractivity (Wildman–Crippen MR) is 104 cm³/mol. The van der Waals surface area contributed by atoms with Crippen molar-refractivity contribution in [3.8, 4) is 0 Å². The number of aromatic nitrogens is 4. The maximum Gasteiger partial charge on any atom is 0.151 e. The van der Waals surface area contributed by atoms with Gasteiger partial charge < -0.3 is 15.0 Å². The molecule has 138 valence electrons. The molecule has 0 spiro atoms. The van der Waals surface area contributed by atoms with Gasteiger partial charge >= 0.3 is 0 Å². The van der Waals surface area contributed by atoms with Crippen LogP contribution < -0.4 is 5.73 Å². The van der Waals surface area contributed by atoms with Crippen molar-refractivity contribution in [2.45, 2.75) is 46.1 Å². The molecule has 0 fully saturated rings. The largest absolute Gasteiger partial charge is 0.382 e. The summed E-state index contributed by atoms with van der Waals surface area (Å²) in [6.07, 6.45) is 7.66. The minimum Gasteiger partial charge on any atom is -0.382 e. The van der Waals surface area contributed by atoms with Crippen LogP contribution in [0.2, 0.25) is 0 Å². The number of pyridine rings is 2. The van der Waals surface area contributed by atoms with Gasteiger partial charge in [-0.3, -0.25) is 4.98 Å². The van der Waals surface area contributed by atoms with Gasteiger partial charge in [-0.25, -0.2) is 9.97 Å². The Kier molecular flexibility index (Phi) is 6.17. The molecule has 3 rings (SSSR count). The summed E-state index contributed by atoms with van der Waals surface area (Å²) in [5.74, 6) is 1.56. The summed E-state index contributed by atoms with van der Waals surface area (Å²) in [6, 6.07) is 6.13. The van der Waals surface area contributed by atoms with Crippen LogP contribution in [0.1, 0.15) is 36.8 Å². The highest BCUT2D eigenvalue weighted by atomic mass is 16.5. The van der Waals surface area contributed by atoms with Crippen molar-refractivity contribution in [3.63, 3.8) is 0 Å². The summed E-state index contributed by atoms with van der Waals surface area (Å²) in [5.41, 5.74) is 10.1. The van der Waals surface area contributed by atoms with Crippen molar-refractivity contribution < 1.29 is 4.74 Å². The molecule has 26 heavy (non-hydrogen) atoms. The van der Waals surface area contributed by atoms with E-state index in [1.807, 2.05) is 19.2 Å². The van der Waals surface area contributed by atoms with Crippen LogP contribution in [0.25, 0.3) is 11.0 Å². The number of imidazole rings is 1. The fourth-order valence-corrected chi connectivity index (χ4v) is 3.17. The number of rotatable bonds is 9. The Morgan fingerprint density at radius 2 is 2.08 bits per heavy atom. The monoisotopic (exact) mass is 353 g/mol. The van der Waals surface area contributed by atoms with Gasteiger partial charge in [-0.05, 0) is 43.9 Å². The number of hydrogen-bond acceptors (Lipinski definition) is 5. The summed E-state index contributed by atoms with van der Waals surface area (Å²) in [4.78, 5) is 13.2. The van der Waals surface area contributed by atoms with Crippen LogP contribution in [0.3, 0.4) is 0 Å². The molecule has 3 aromatic heterocycles. The van der Waals surface area contributed by atoms with Gasteiger partial charge in [0.1, 0.15) is 11.3 Å². The van der Waals surface area contributed by atoms with E-state index >= 15 is 0 Å². The zero-order chi connectivity index (χ0) is 18.4. The Labute approximate surface area is 154 Å². The molecule has 0 saturated carbocycles. The first-order chi connectivity index (χ1) is 12.7. The Hall–Kier alpha value is -2.47. The van der Waals surface area contributed by atoms with Crippen LogP contribution in [-0.4, -0.2) is 32.7 Å². The first kappa shape index (κ1) is 18.3. The number of fused-ring (bicyclic) bond motifs is 1. The van der Waals surface area contributed by atoms with Gasteiger partial charge in [0.25, 0.3) is 0 Å². The predicted octanol–water partition coefficient (Wildman–Crippen LogP) is 3.32. The highest BCUT2D eigenvalue weighted by molar-refractivity contribution is 5.85. The third-order valence-corrected chi connectivity index (χ3v) is 4.38. The molecule has 0 aliphatic carbocycles. The van der Waals surface area contributed by atoms with Crippen molar-refractivity contribution in [3.05, 3.63) is 47.7 Å². The Balaban J connectivity index is 1.58. The Morgan fingerprint density at radius 3 is 2.85 bits per heavy atom. The molecule has 0 saturated heterocycles. The standard InChI is InChI=1S/C20H27N5O/c1-3-6-18-24-19-17(13-15(2)23-20(19)21)25(18)10-12-26-11-5-8-16-7-4-9-22-14-16/h4,7,9,13-14H,3,5-6,8,10-12H2,1-2H3,(H2,21,23). The van der Waals surface area contributed by atoms with Crippen LogP contribution in [-0.2, 0) is 24.1 Å². The fraction of sp³-hybridized carbons (Fsp3) is 0.450. The molecular formula is C20H27N5O. The molecule has 0 aliphatic rings. The number of nitrogen functional groups attached to an aromatic ring is 1. The molecule has 0 bridgehead atoms. The molecular weight excluding hydrogens is 326 g/mol. The molecule has 0 amide bonds. The zero-order valence-electron chi connectivity index (χ0n) is 15.6. The summed E-state index contributed by atoms with van der Waals surface area (Å²) >= 11 is 0. The normalized spacial score (nSPS) is 11.3. The maximum absolute atomic E-state index is 6.06. The second kappa shape index (κ2) is 8.76. The van der Waals surface area contributed by atoms with Crippen molar-refractivity contribution >= 4 is 16.9 Å². The van der Waals surface area contributed by atoms with Crippen molar-refractivity contribution in [2.75, 3.05) is 18.9 Å². The summed E-state index contributed by atoms with van der Waals surface area (Å²) in [7, 11) is 0. The zero-order valence-corrected chi connectivity index (χ0v) is 15.6. The fourth-order valence-electron chi connectivity index (χ4n) is 3.17. The number of ether oxygens (including phenoxy) is 1. The average Bonchev–Trinajstić information content (AvgIpc) is 2.97. The first-order valence-electron chi connectivity index (χ1n) is 9.28. The topological polar surface area (TPSA) is 78.8 Å². The second-order valence-corrected chi connectivity index (χ2v) is 6.52. The third-order valence-electron chi connectivity index (χ3n) is 4.38. The quantitative estimate of drug-likeness (QED) is 0.597. The van der Waals surface area contributed by atoms with Crippen LogP contribution in [0.5, 0.6) is 0 Å². The molecule has 0 aliphatic heterocycles. The van der Waals surface area contributed by atoms with E-state index in [4.69, 9.17) is 15.5 Å². The van der Waals surface area contributed by atoms with Crippen LogP contribution >= 0.6 is 0 Å². The molecule has 3 aromatic rings. The van der Waals surface area contributed by atoms with Crippen LogP contribution in [0.4, 0.5) is 5.82 Å². The van der Waals surface area contributed by atoms with E-state index in [-0.39, 0.29) is 0 Å². The van der Waals surface area contributed by atoms with Crippen molar-refractivity contribution in [1.29, 1.82) is 0 Å². The molecule has 0 radical (unpaired) electrons. The SMILES string of the molecule is CCCc1nc2c(N)nc(C)cc2n1CCOCCCc1cccnc1. The van der Waals surface area contributed by atoms with Crippen molar-refractivity contribution in [2.24, 2.45) is 0 Å². The summed E-state index contributed by atoms with van der Waals surface area (Å²) in [6.45, 7) is 6.30.